The fraction of sp³-hybridized carbons (Fsp3) is 0.448. The van der Waals surface area contributed by atoms with E-state index in [0.29, 0.717) is 6.04 Å². The lowest BCUT2D eigenvalue weighted by Crippen LogP contribution is -2.40. The molecule has 0 radical (unpaired) electrons. The fourth-order valence-corrected chi connectivity index (χ4v) is 6.80. The molecule has 0 bridgehead atoms. The number of nitrogens with zero attached hydrogens (tertiary/aromatic N) is 3. The highest BCUT2D eigenvalue weighted by Gasteiger charge is 2.44. The standard InChI is InChI=1S/C29H36N4S/c1-18-15-19(2)27(20(3)16-18)32-21(4)17-24(22(32)5)28-26(25-13-9-10-14-30-25)31-29(34)33(28)23-11-7-6-8-12-23/h9-10,13-17,23,26,28H,6-8,11-12H2,1-5H3,(H,31,34)/t26-,28+/m0/s1. The summed E-state index contributed by atoms with van der Waals surface area (Å²) in [6, 6.07) is 13.8. The third-order valence-corrected chi connectivity index (χ3v) is 8.08. The third-order valence-electron chi connectivity index (χ3n) is 7.75. The molecular formula is C29H36N4S. The summed E-state index contributed by atoms with van der Waals surface area (Å²) < 4.78 is 2.45. The van der Waals surface area contributed by atoms with Gasteiger partial charge in [0.2, 0.25) is 0 Å². The van der Waals surface area contributed by atoms with Crippen molar-refractivity contribution in [2.45, 2.75) is 84.8 Å². The lowest BCUT2D eigenvalue weighted by atomic mass is 9.90. The number of hydrogen-bond donors (Lipinski definition) is 1. The number of rotatable bonds is 4. The highest BCUT2D eigenvalue weighted by molar-refractivity contribution is 7.80. The molecule has 1 saturated carbocycles. The third kappa shape index (κ3) is 3.94. The fourth-order valence-electron chi connectivity index (χ4n) is 6.41. The van der Waals surface area contributed by atoms with Crippen LogP contribution in [0.4, 0.5) is 0 Å². The van der Waals surface area contributed by atoms with Crippen molar-refractivity contribution in [2.24, 2.45) is 0 Å². The Kier molecular flexibility index (Phi) is 6.24. The first-order valence-electron chi connectivity index (χ1n) is 12.6. The number of thiocarbonyl (C=S) groups is 1. The maximum atomic E-state index is 5.99. The van der Waals surface area contributed by atoms with Crippen LogP contribution in [-0.4, -0.2) is 25.6 Å². The normalized spacial score (nSPS) is 21.2. The molecule has 4 nitrogen and oxygen atoms in total. The quantitative estimate of drug-likeness (QED) is 0.427. The smallest absolute Gasteiger partial charge is 0.170 e. The molecule has 1 N–H and O–H groups in total. The largest absolute Gasteiger partial charge is 0.352 e. The van der Waals surface area contributed by atoms with Gasteiger partial charge in [0.05, 0.1) is 23.5 Å². The molecule has 1 aromatic carbocycles. The van der Waals surface area contributed by atoms with Crippen molar-refractivity contribution in [3.63, 3.8) is 0 Å². The van der Waals surface area contributed by atoms with Crippen LogP contribution in [0.5, 0.6) is 0 Å². The lowest BCUT2D eigenvalue weighted by molar-refractivity contribution is 0.197. The number of aryl methyl sites for hydroxylation is 4. The number of hydrogen-bond acceptors (Lipinski definition) is 2. The molecule has 0 amide bonds. The van der Waals surface area contributed by atoms with E-state index < -0.39 is 0 Å². The van der Waals surface area contributed by atoms with Gasteiger partial charge in [-0.25, -0.2) is 0 Å². The molecule has 5 rings (SSSR count). The van der Waals surface area contributed by atoms with Crippen LogP contribution in [0.3, 0.4) is 0 Å². The van der Waals surface area contributed by atoms with E-state index in [1.807, 2.05) is 12.3 Å². The summed E-state index contributed by atoms with van der Waals surface area (Å²) in [5.41, 5.74) is 10.2. The molecule has 0 spiro atoms. The summed E-state index contributed by atoms with van der Waals surface area (Å²) in [6.07, 6.45) is 8.21. The maximum Gasteiger partial charge on any atom is 0.170 e. The van der Waals surface area contributed by atoms with Gasteiger partial charge in [-0.05, 0) is 94.6 Å². The van der Waals surface area contributed by atoms with E-state index in [0.717, 1.165) is 10.8 Å². The van der Waals surface area contributed by atoms with Crippen molar-refractivity contribution >= 4 is 17.3 Å². The van der Waals surface area contributed by atoms with Gasteiger partial charge in [0, 0.05) is 23.6 Å². The molecule has 1 saturated heterocycles. The maximum absolute atomic E-state index is 5.99. The van der Waals surface area contributed by atoms with E-state index in [2.05, 4.69) is 79.7 Å². The Morgan fingerprint density at radius 1 is 0.941 bits per heavy atom. The number of pyridine rings is 1. The van der Waals surface area contributed by atoms with Gasteiger partial charge in [-0.1, -0.05) is 43.0 Å². The van der Waals surface area contributed by atoms with E-state index >= 15 is 0 Å². The first kappa shape index (κ1) is 23.1. The van der Waals surface area contributed by atoms with E-state index in [1.165, 1.54) is 71.4 Å². The lowest BCUT2D eigenvalue weighted by Gasteiger charge is -2.37. The van der Waals surface area contributed by atoms with Crippen molar-refractivity contribution in [3.8, 4) is 5.69 Å². The van der Waals surface area contributed by atoms with Gasteiger partial charge in [-0.15, -0.1) is 0 Å². The van der Waals surface area contributed by atoms with Crippen molar-refractivity contribution in [1.29, 1.82) is 0 Å². The Balaban J connectivity index is 1.66. The van der Waals surface area contributed by atoms with E-state index in [4.69, 9.17) is 17.2 Å². The number of benzene rings is 1. The van der Waals surface area contributed by atoms with Gasteiger partial charge in [0.15, 0.2) is 5.11 Å². The van der Waals surface area contributed by atoms with E-state index in [-0.39, 0.29) is 12.1 Å². The first-order chi connectivity index (χ1) is 16.4. The van der Waals surface area contributed by atoms with Crippen LogP contribution in [0.15, 0.2) is 42.6 Å². The summed E-state index contributed by atoms with van der Waals surface area (Å²) >= 11 is 5.99. The van der Waals surface area contributed by atoms with Crippen LogP contribution in [0, 0.1) is 34.6 Å². The molecule has 2 aromatic heterocycles. The summed E-state index contributed by atoms with van der Waals surface area (Å²) in [4.78, 5) is 7.27. The van der Waals surface area contributed by atoms with Crippen LogP contribution in [0.2, 0.25) is 0 Å². The SMILES string of the molecule is Cc1cc(C)c(-n2c(C)cc([C@@H]3[C@H](c4ccccn4)NC(=S)N3C3CCCCC3)c2C)c(C)c1. The molecule has 178 valence electrons. The van der Waals surface area contributed by atoms with Gasteiger partial charge in [-0.3, -0.25) is 4.98 Å². The monoisotopic (exact) mass is 472 g/mol. The second-order valence-corrected chi connectivity index (χ2v) is 10.6. The molecule has 3 aromatic rings. The molecule has 34 heavy (non-hydrogen) atoms. The molecule has 1 aliphatic heterocycles. The van der Waals surface area contributed by atoms with E-state index in [1.54, 1.807) is 0 Å². The average Bonchev–Trinajstić information content (AvgIpc) is 3.30. The van der Waals surface area contributed by atoms with E-state index in [9.17, 15) is 0 Å². The number of aromatic nitrogens is 2. The zero-order chi connectivity index (χ0) is 24.0. The van der Waals surface area contributed by atoms with Crippen LogP contribution >= 0.6 is 12.2 Å². The minimum absolute atomic E-state index is 0.0461. The van der Waals surface area contributed by atoms with Crippen molar-refractivity contribution in [1.82, 2.24) is 19.8 Å². The summed E-state index contributed by atoms with van der Waals surface area (Å²) in [7, 11) is 0. The summed E-state index contributed by atoms with van der Waals surface area (Å²) in [5.74, 6) is 0. The molecule has 0 unspecified atom stereocenters. The van der Waals surface area contributed by atoms with Crippen LogP contribution in [0.1, 0.15) is 83.5 Å². The molecule has 3 heterocycles. The topological polar surface area (TPSA) is 33.1 Å². The Morgan fingerprint density at radius 2 is 1.65 bits per heavy atom. The van der Waals surface area contributed by atoms with Gasteiger partial charge < -0.3 is 14.8 Å². The highest BCUT2D eigenvalue weighted by Crippen LogP contribution is 2.44. The molecule has 2 atom stereocenters. The summed E-state index contributed by atoms with van der Waals surface area (Å²) in [6.45, 7) is 11.1. The van der Waals surface area contributed by atoms with Crippen LogP contribution in [0.25, 0.3) is 5.69 Å². The van der Waals surface area contributed by atoms with Crippen molar-refractivity contribution < 1.29 is 0 Å². The minimum atomic E-state index is 0.0461. The van der Waals surface area contributed by atoms with Gasteiger partial charge in [0.1, 0.15) is 0 Å². The molecule has 1 aliphatic carbocycles. The van der Waals surface area contributed by atoms with Crippen molar-refractivity contribution in [3.05, 3.63) is 81.9 Å². The second kappa shape index (κ2) is 9.18. The predicted octanol–water partition coefficient (Wildman–Crippen LogP) is 6.72. The highest BCUT2D eigenvalue weighted by atomic mass is 32.1. The minimum Gasteiger partial charge on any atom is -0.352 e. The van der Waals surface area contributed by atoms with Gasteiger partial charge in [0.25, 0.3) is 0 Å². The zero-order valence-corrected chi connectivity index (χ0v) is 21.9. The molecule has 2 fully saturated rings. The summed E-state index contributed by atoms with van der Waals surface area (Å²) in [5, 5.41) is 4.55. The zero-order valence-electron chi connectivity index (χ0n) is 21.1. The Hall–Kier alpha value is -2.66. The van der Waals surface area contributed by atoms with Crippen LogP contribution < -0.4 is 5.32 Å². The Labute approximate surface area is 209 Å². The Morgan fingerprint density at radius 3 is 2.29 bits per heavy atom. The molecule has 2 aliphatic rings. The van der Waals surface area contributed by atoms with Crippen molar-refractivity contribution in [2.75, 3.05) is 0 Å². The average molecular weight is 473 g/mol. The van der Waals surface area contributed by atoms with Crippen LogP contribution in [-0.2, 0) is 0 Å². The first-order valence-corrected chi connectivity index (χ1v) is 13.0. The second-order valence-electron chi connectivity index (χ2n) is 10.2. The van der Waals surface area contributed by atoms with Gasteiger partial charge >= 0.3 is 0 Å². The molecular weight excluding hydrogens is 436 g/mol. The number of nitrogens with one attached hydrogen (secondary N) is 1. The van der Waals surface area contributed by atoms with Gasteiger partial charge in [-0.2, -0.15) is 0 Å². The molecule has 5 heteroatoms. The predicted molar refractivity (Wildman–Crippen MR) is 144 cm³/mol. The Bertz CT molecular complexity index is 1180.